The molecular formula is C6H14O12P2. The van der Waals surface area contributed by atoms with Crippen molar-refractivity contribution in [3.05, 3.63) is 0 Å². The van der Waals surface area contributed by atoms with Crippen LogP contribution >= 0.6 is 15.6 Å². The first-order valence-electron chi connectivity index (χ1n) is 5.01. The molecular weight excluding hydrogens is 326 g/mol. The molecule has 0 aromatic rings. The van der Waals surface area contributed by atoms with E-state index in [9.17, 15) is 19.3 Å². The van der Waals surface area contributed by atoms with Crippen LogP contribution in [0, 0.1) is 0 Å². The van der Waals surface area contributed by atoms with Gasteiger partial charge in [0.25, 0.3) is 0 Å². The second-order valence-corrected chi connectivity index (χ2v) is 6.33. The van der Waals surface area contributed by atoms with Crippen LogP contribution in [0.5, 0.6) is 0 Å². The van der Waals surface area contributed by atoms with Gasteiger partial charge in [-0.25, -0.2) is 13.7 Å². The van der Waals surface area contributed by atoms with Gasteiger partial charge in [0.05, 0.1) is 6.61 Å². The fraction of sp³-hybridized carbons (Fsp3) is 1.00. The summed E-state index contributed by atoms with van der Waals surface area (Å²) in [5, 5.41) is 28.2. The van der Waals surface area contributed by atoms with Gasteiger partial charge in [0.1, 0.15) is 24.9 Å². The summed E-state index contributed by atoms with van der Waals surface area (Å²) in [5.41, 5.74) is 0. The molecule has 0 bridgehead atoms. The number of ether oxygens (including phenoxy) is 1. The third-order valence-corrected chi connectivity index (χ3v) is 3.44. The number of rotatable bonds is 6. The van der Waals surface area contributed by atoms with Crippen molar-refractivity contribution in [2.45, 2.75) is 24.1 Å². The van der Waals surface area contributed by atoms with E-state index in [1.807, 2.05) is 0 Å². The van der Waals surface area contributed by atoms with Crippen molar-refractivity contribution in [3.63, 3.8) is 0 Å². The van der Waals surface area contributed by atoms with Crippen LogP contribution in [0.3, 0.4) is 0 Å². The summed E-state index contributed by atoms with van der Waals surface area (Å²) in [6.45, 7) is -2.14. The van der Waals surface area contributed by atoms with Crippen LogP contribution in [0.25, 0.3) is 0 Å². The van der Waals surface area contributed by atoms with Gasteiger partial charge >= 0.3 is 15.6 Å². The largest absolute Gasteiger partial charge is 0.472 e. The minimum atomic E-state index is -5.19. The molecule has 14 heteroatoms. The fourth-order valence-electron chi connectivity index (χ4n) is 1.60. The number of hydrogen-bond acceptors (Lipinski definition) is 8. The molecule has 20 heavy (non-hydrogen) atoms. The Kier molecular flexibility index (Phi) is 5.48. The highest BCUT2D eigenvalue weighted by Crippen LogP contribution is 2.47. The van der Waals surface area contributed by atoms with E-state index < -0.39 is 53.0 Å². The maximum atomic E-state index is 10.8. The first kappa shape index (κ1) is 18.1. The summed E-state index contributed by atoms with van der Waals surface area (Å²) < 4.78 is 34.2. The molecule has 12 nitrogen and oxygen atoms in total. The molecule has 0 aliphatic carbocycles. The van der Waals surface area contributed by atoms with E-state index in [2.05, 4.69) is 9.05 Å². The quantitative estimate of drug-likeness (QED) is 0.242. The predicted octanol–water partition coefficient (Wildman–Crippen LogP) is -2.99. The van der Waals surface area contributed by atoms with Gasteiger partial charge in [0, 0.05) is 0 Å². The molecule has 1 heterocycles. The van der Waals surface area contributed by atoms with E-state index in [4.69, 9.17) is 29.4 Å². The molecule has 0 radical (unpaired) electrons. The molecule has 4 atom stereocenters. The first-order valence-corrected chi connectivity index (χ1v) is 8.07. The third kappa shape index (κ3) is 4.53. The Balaban J connectivity index is 2.85. The predicted molar refractivity (Wildman–Crippen MR) is 57.8 cm³/mol. The Morgan fingerprint density at radius 2 is 1.65 bits per heavy atom. The number of hydrogen-bond donors (Lipinski definition) is 7. The van der Waals surface area contributed by atoms with E-state index in [1.54, 1.807) is 0 Å². The van der Waals surface area contributed by atoms with Crippen LogP contribution in [-0.4, -0.2) is 72.2 Å². The number of aliphatic hydroxyl groups is 3. The van der Waals surface area contributed by atoms with E-state index >= 15 is 0 Å². The Morgan fingerprint density at radius 3 is 2.05 bits per heavy atom. The maximum Gasteiger partial charge on any atom is 0.472 e. The fourth-order valence-corrected chi connectivity index (χ4v) is 2.55. The van der Waals surface area contributed by atoms with Crippen LogP contribution in [0.4, 0.5) is 0 Å². The number of phosphoric acid groups is 2. The molecule has 1 rings (SSSR count). The molecule has 120 valence electrons. The second-order valence-electron chi connectivity index (χ2n) is 3.93. The molecule has 0 spiro atoms. The van der Waals surface area contributed by atoms with Gasteiger partial charge < -0.3 is 39.6 Å². The van der Waals surface area contributed by atoms with Gasteiger partial charge in [-0.2, -0.15) is 0 Å². The summed E-state index contributed by atoms with van der Waals surface area (Å²) in [5.74, 6) is -2.64. The summed E-state index contributed by atoms with van der Waals surface area (Å²) in [6.07, 6.45) is -5.53. The zero-order valence-corrected chi connectivity index (χ0v) is 11.5. The molecule has 0 saturated carbocycles. The van der Waals surface area contributed by atoms with Gasteiger partial charge in [-0.15, -0.1) is 0 Å². The summed E-state index contributed by atoms with van der Waals surface area (Å²) in [6, 6.07) is 0. The molecule has 7 N–H and O–H groups in total. The van der Waals surface area contributed by atoms with Crippen molar-refractivity contribution in [1.29, 1.82) is 0 Å². The third-order valence-electron chi connectivity index (χ3n) is 2.41. The van der Waals surface area contributed by atoms with Gasteiger partial charge in [-0.3, -0.25) is 4.52 Å². The molecule has 1 aliphatic heterocycles. The highest BCUT2D eigenvalue weighted by Gasteiger charge is 2.58. The Labute approximate surface area is 112 Å². The summed E-state index contributed by atoms with van der Waals surface area (Å²) in [7, 11) is -10.1. The molecule has 0 aromatic carbocycles. The highest BCUT2D eigenvalue weighted by molar-refractivity contribution is 7.46. The second kappa shape index (κ2) is 6.05. The lowest BCUT2D eigenvalue weighted by Gasteiger charge is -2.29. The van der Waals surface area contributed by atoms with Crippen LogP contribution in [-0.2, 0) is 22.9 Å². The van der Waals surface area contributed by atoms with Crippen molar-refractivity contribution in [2.75, 3.05) is 13.2 Å². The standard InChI is InChI=1S/C6H14O12P2/c7-2-6(18-20(13,14)15)5(9)4(8)3(17-6)1-16-19(10,11)12/h3-5,7-9H,1-2H2,(H2,10,11,12)(H2,13,14,15)/t3-,4-,5+,6+/m1/s1. The van der Waals surface area contributed by atoms with Gasteiger partial charge in [-0.1, -0.05) is 0 Å². The van der Waals surface area contributed by atoms with Gasteiger partial charge in [-0.05, 0) is 0 Å². The average Bonchev–Trinajstić information content (AvgIpc) is 2.49. The number of phosphoric ester groups is 2. The lowest BCUT2D eigenvalue weighted by Crippen LogP contribution is -2.47. The lowest BCUT2D eigenvalue weighted by atomic mass is 10.1. The van der Waals surface area contributed by atoms with E-state index in [-0.39, 0.29) is 0 Å². The van der Waals surface area contributed by atoms with Gasteiger partial charge in [0.15, 0.2) is 0 Å². The zero-order chi connectivity index (χ0) is 15.8. The molecule has 0 unspecified atom stereocenters. The normalized spacial score (nSPS) is 35.5. The van der Waals surface area contributed by atoms with Crippen molar-refractivity contribution < 1.29 is 57.8 Å². The van der Waals surface area contributed by atoms with Crippen molar-refractivity contribution in [1.82, 2.24) is 0 Å². The average molecular weight is 340 g/mol. The van der Waals surface area contributed by atoms with Crippen LogP contribution in [0.2, 0.25) is 0 Å². The summed E-state index contributed by atoms with van der Waals surface area (Å²) >= 11 is 0. The molecule has 0 aromatic heterocycles. The molecule has 1 aliphatic rings. The van der Waals surface area contributed by atoms with Crippen LogP contribution in [0.1, 0.15) is 0 Å². The zero-order valence-electron chi connectivity index (χ0n) is 9.71. The minimum absolute atomic E-state index is 0.908. The highest BCUT2D eigenvalue weighted by atomic mass is 31.2. The molecule has 0 amide bonds. The topological polar surface area (TPSA) is 203 Å². The first-order chi connectivity index (χ1) is 8.90. The van der Waals surface area contributed by atoms with E-state index in [0.717, 1.165) is 0 Å². The van der Waals surface area contributed by atoms with Crippen molar-refractivity contribution >= 4 is 15.6 Å². The van der Waals surface area contributed by atoms with Crippen LogP contribution < -0.4 is 0 Å². The molecule has 1 fully saturated rings. The van der Waals surface area contributed by atoms with Gasteiger partial charge in [0.2, 0.25) is 5.79 Å². The monoisotopic (exact) mass is 340 g/mol. The lowest BCUT2D eigenvalue weighted by molar-refractivity contribution is -0.237. The van der Waals surface area contributed by atoms with Crippen molar-refractivity contribution in [3.8, 4) is 0 Å². The number of aliphatic hydroxyl groups excluding tert-OH is 3. The maximum absolute atomic E-state index is 10.8. The van der Waals surface area contributed by atoms with Crippen LogP contribution in [0.15, 0.2) is 0 Å². The molecule has 1 saturated heterocycles. The smallest absolute Gasteiger partial charge is 0.391 e. The minimum Gasteiger partial charge on any atom is -0.391 e. The SMILES string of the molecule is O=P(O)(O)OC[C@H]1O[C@@](CO)(OP(=O)(O)O)[C@@H](O)[C@@H]1O. The van der Waals surface area contributed by atoms with E-state index in [1.165, 1.54) is 0 Å². The van der Waals surface area contributed by atoms with E-state index in [0.29, 0.717) is 0 Å². The van der Waals surface area contributed by atoms with Crippen molar-refractivity contribution in [2.24, 2.45) is 0 Å². The Morgan fingerprint density at radius 1 is 1.10 bits per heavy atom. The Hall–Kier alpha value is 0.0600. The summed E-state index contributed by atoms with van der Waals surface area (Å²) in [4.78, 5) is 34.3. The Bertz CT molecular complexity index is 428.